The normalized spacial score (nSPS) is 13.3. The van der Waals surface area contributed by atoms with Gasteiger partial charge in [0.05, 0.1) is 22.2 Å². The summed E-state index contributed by atoms with van der Waals surface area (Å²) in [7, 11) is 0. The number of carbonyl (C=O) groups is 2. The molecule has 1 aliphatic rings. The Morgan fingerprint density at radius 1 is 1.19 bits per heavy atom. The average molecular weight is 372 g/mol. The van der Waals surface area contributed by atoms with Gasteiger partial charge in [-0.2, -0.15) is 0 Å². The van der Waals surface area contributed by atoms with Crippen LogP contribution in [0.3, 0.4) is 0 Å². The van der Waals surface area contributed by atoms with Crippen molar-refractivity contribution in [3.63, 3.8) is 0 Å². The Morgan fingerprint density at radius 3 is 2.65 bits per heavy atom. The Bertz CT molecular complexity index is 824. The molecule has 0 spiro atoms. The van der Waals surface area contributed by atoms with Gasteiger partial charge in [-0.05, 0) is 62.4 Å². The second-order valence-electron chi connectivity index (χ2n) is 6.69. The molecule has 2 aromatic rings. The monoisotopic (exact) mass is 372 g/mol. The number of benzene rings is 1. The van der Waals surface area contributed by atoms with Crippen molar-refractivity contribution in [3.05, 3.63) is 40.3 Å². The molecule has 0 aliphatic heterocycles. The lowest BCUT2D eigenvalue weighted by molar-refractivity contribution is -0.117. The molecule has 5 nitrogen and oxygen atoms in total. The number of aryl methyl sites for hydroxylation is 2. The van der Waals surface area contributed by atoms with Gasteiger partial charge in [-0.15, -0.1) is 11.3 Å². The van der Waals surface area contributed by atoms with Crippen molar-refractivity contribution < 1.29 is 14.3 Å². The Morgan fingerprint density at radius 2 is 1.96 bits per heavy atom. The summed E-state index contributed by atoms with van der Waals surface area (Å²) in [6.07, 6.45) is 2.81. The molecule has 0 radical (unpaired) electrons. The van der Waals surface area contributed by atoms with Gasteiger partial charge in [-0.25, -0.2) is 0 Å². The highest BCUT2D eigenvalue weighted by atomic mass is 32.1. The molecule has 26 heavy (non-hydrogen) atoms. The van der Waals surface area contributed by atoms with Crippen molar-refractivity contribution in [1.82, 2.24) is 0 Å². The van der Waals surface area contributed by atoms with Crippen LogP contribution in [-0.4, -0.2) is 18.4 Å². The number of hydrogen-bond acceptors (Lipinski definition) is 4. The number of thiophene rings is 1. The smallest absolute Gasteiger partial charge is 0.266 e. The zero-order valence-corrected chi connectivity index (χ0v) is 16.2. The highest BCUT2D eigenvalue weighted by Gasteiger charge is 2.30. The molecule has 2 amide bonds. The minimum Gasteiger partial charge on any atom is -0.491 e. The molecule has 138 valence electrons. The first-order chi connectivity index (χ1) is 12.5. The largest absolute Gasteiger partial charge is 0.491 e. The molecule has 0 bridgehead atoms. The van der Waals surface area contributed by atoms with E-state index in [1.54, 1.807) is 0 Å². The predicted octanol–water partition coefficient (Wildman–Crippen LogP) is 4.75. The Balaban J connectivity index is 1.73. The van der Waals surface area contributed by atoms with Gasteiger partial charge in [0, 0.05) is 5.92 Å². The number of hydrogen-bond donors (Lipinski definition) is 2. The van der Waals surface area contributed by atoms with Gasteiger partial charge >= 0.3 is 0 Å². The van der Waals surface area contributed by atoms with Crippen molar-refractivity contribution in [1.29, 1.82) is 0 Å². The van der Waals surface area contributed by atoms with Crippen LogP contribution in [0, 0.1) is 19.8 Å². The van der Waals surface area contributed by atoms with E-state index < -0.39 is 0 Å². The topological polar surface area (TPSA) is 67.4 Å². The van der Waals surface area contributed by atoms with Crippen molar-refractivity contribution in [3.8, 4) is 5.75 Å². The fourth-order valence-electron chi connectivity index (χ4n) is 2.58. The first-order valence-corrected chi connectivity index (χ1v) is 9.75. The molecule has 1 aromatic carbocycles. The molecule has 1 heterocycles. The summed E-state index contributed by atoms with van der Waals surface area (Å²) in [6.45, 7) is 6.51. The molecule has 1 aliphatic carbocycles. The number of ether oxygens (including phenoxy) is 1. The molecule has 0 saturated heterocycles. The number of carbonyl (C=O) groups excluding carboxylic acids is 2. The fourth-order valence-corrected chi connectivity index (χ4v) is 3.55. The van der Waals surface area contributed by atoms with E-state index in [2.05, 4.69) is 10.6 Å². The summed E-state index contributed by atoms with van der Waals surface area (Å²) in [5.74, 6) is 0.675. The van der Waals surface area contributed by atoms with Gasteiger partial charge in [-0.3, -0.25) is 9.59 Å². The highest BCUT2D eigenvalue weighted by Crippen LogP contribution is 2.33. The molecular formula is C20H24N2O3S. The Kier molecular flexibility index (Phi) is 5.61. The molecular weight excluding hydrogens is 348 g/mol. The summed E-state index contributed by atoms with van der Waals surface area (Å²) < 4.78 is 5.76. The maximum absolute atomic E-state index is 12.7. The molecule has 1 aromatic heterocycles. The Labute approximate surface area is 157 Å². The van der Waals surface area contributed by atoms with E-state index in [0.29, 0.717) is 22.9 Å². The van der Waals surface area contributed by atoms with E-state index >= 15 is 0 Å². The minimum atomic E-state index is -0.190. The van der Waals surface area contributed by atoms with E-state index in [1.165, 1.54) is 11.3 Å². The molecule has 1 saturated carbocycles. The lowest BCUT2D eigenvalue weighted by Gasteiger charge is -2.12. The third-order valence-corrected chi connectivity index (χ3v) is 5.32. The number of amides is 2. The zero-order chi connectivity index (χ0) is 18.7. The van der Waals surface area contributed by atoms with Crippen LogP contribution in [0.15, 0.2) is 24.3 Å². The van der Waals surface area contributed by atoms with E-state index in [0.717, 1.165) is 35.4 Å². The van der Waals surface area contributed by atoms with Crippen molar-refractivity contribution in [2.45, 2.75) is 40.0 Å². The summed E-state index contributed by atoms with van der Waals surface area (Å²) in [5, 5.41) is 6.56. The van der Waals surface area contributed by atoms with Crippen LogP contribution in [0.5, 0.6) is 5.75 Å². The third kappa shape index (κ3) is 4.43. The van der Waals surface area contributed by atoms with E-state index in [4.69, 9.17) is 4.74 Å². The molecule has 0 unspecified atom stereocenters. The van der Waals surface area contributed by atoms with Crippen molar-refractivity contribution in [2.24, 2.45) is 5.92 Å². The highest BCUT2D eigenvalue weighted by molar-refractivity contribution is 7.18. The predicted molar refractivity (Wildman–Crippen MR) is 105 cm³/mol. The maximum Gasteiger partial charge on any atom is 0.266 e. The van der Waals surface area contributed by atoms with Crippen LogP contribution in [0.2, 0.25) is 0 Å². The molecule has 1 fully saturated rings. The molecule has 3 rings (SSSR count). The second-order valence-corrected chi connectivity index (χ2v) is 7.74. The SMILES string of the molecule is CCCOc1cc(C)ccc1NC(=O)c1sc(NC(=O)C2CC2)cc1C. The quantitative estimate of drug-likeness (QED) is 0.737. The molecule has 2 N–H and O–H groups in total. The van der Waals surface area contributed by atoms with E-state index in [-0.39, 0.29) is 17.7 Å². The van der Waals surface area contributed by atoms with Crippen LogP contribution in [0.25, 0.3) is 0 Å². The van der Waals surface area contributed by atoms with Crippen LogP contribution in [0.4, 0.5) is 10.7 Å². The van der Waals surface area contributed by atoms with Crippen molar-refractivity contribution >= 4 is 33.8 Å². The lowest BCUT2D eigenvalue weighted by atomic mass is 10.2. The first-order valence-electron chi connectivity index (χ1n) is 8.94. The number of nitrogens with one attached hydrogen (secondary N) is 2. The lowest BCUT2D eigenvalue weighted by Crippen LogP contribution is -2.13. The van der Waals surface area contributed by atoms with Crippen LogP contribution >= 0.6 is 11.3 Å². The third-order valence-electron chi connectivity index (χ3n) is 4.17. The number of rotatable bonds is 7. The summed E-state index contributed by atoms with van der Waals surface area (Å²) in [5.41, 5.74) is 2.58. The van der Waals surface area contributed by atoms with Gasteiger partial charge < -0.3 is 15.4 Å². The molecule has 0 atom stereocenters. The maximum atomic E-state index is 12.7. The molecule has 6 heteroatoms. The van der Waals surface area contributed by atoms with Crippen LogP contribution in [-0.2, 0) is 4.79 Å². The van der Waals surface area contributed by atoms with Crippen molar-refractivity contribution in [2.75, 3.05) is 17.2 Å². The van der Waals surface area contributed by atoms with Crippen LogP contribution < -0.4 is 15.4 Å². The standard InChI is InChI=1S/C20H24N2O3S/c1-4-9-25-16-10-12(2)5-8-15(16)21-20(24)18-13(3)11-17(26-18)22-19(23)14-6-7-14/h5,8,10-11,14H,4,6-7,9H2,1-3H3,(H,21,24)(H,22,23). The fraction of sp³-hybridized carbons (Fsp3) is 0.400. The Hall–Kier alpha value is -2.34. The summed E-state index contributed by atoms with van der Waals surface area (Å²) in [4.78, 5) is 25.2. The van der Waals surface area contributed by atoms with Gasteiger partial charge in [0.2, 0.25) is 5.91 Å². The number of anilines is 2. The summed E-state index contributed by atoms with van der Waals surface area (Å²) >= 11 is 1.30. The summed E-state index contributed by atoms with van der Waals surface area (Å²) in [6, 6.07) is 7.57. The van der Waals surface area contributed by atoms with E-state index in [9.17, 15) is 9.59 Å². The minimum absolute atomic E-state index is 0.0481. The zero-order valence-electron chi connectivity index (χ0n) is 15.3. The van der Waals surface area contributed by atoms with E-state index in [1.807, 2.05) is 45.0 Å². The average Bonchev–Trinajstić information content (AvgIpc) is 3.39. The second kappa shape index (κ2) is 7.91. The van der Waals surface area contributed by atoms with Gasteiger partial charge in [0.25, 0.3) is 5.91 Å². The van der Waals surface area contributed by atoms with Crippen LogP contribution in [0.1, 0.15) is 47.0 Å². The van der Waals surface area contributed by atoms with Gasteiger partial charge in [0.15, 0.2) is 0 Å². The van der Waals surface area contributed by atoms with Gasteiger partial charge in [-0.1, -0.05) is 13.0 Å². The first kappa shape index (κ1) is 18.5. The van der Waals surface area contributed by atoms with Gasteiger partial charge in [0.1, 0.15) is 5.75 Å².